The molecule has 136 valence electrons. The number of pyridine rings is 1. The lowest BCUT2D eigenvalue weighted by Gasteiger charge is -2.44. The van der Waals surface area contributed by atoms with Gasteiger partial charge >= 0.3 is 0 Å². The fraction of sp³-hybridized carbons (Fsp3) is 0.333. The Morgan fingerprint density at radius 3 is 2.62 bits per heavy atom. The van der Waals surface area contributed by atoms with Crippen LogP contribution in [0.4, 0.5) is 4.39 Å². The summed E-state index contributed by atoms with van der Waals surface area (Å²) < 4.78 is 12.9. The molecule has 26 heavy (non-hydrogen) atoms. The Bertz CT molecular complexity index is 761. The SMILES string of the molecule is C[C@@H]1[C@@H](C)N(C(=O)c2ccccn2)CCN1C/C=C/c1ccc(F)cc1. The normalized spacial score (nSPS) is 21.3. The van der Waals surface area contributed by atoms with Crippen molar-refractivity contribution in [3.63, 3.8) is 0 Å². The third kappa shape index (κ3) is 4.17. The van der Waals surface area contributed by atoms with Gasteiger partial charge in [-0.2, -0.15) is 0 Å². The van der Waals surface area contributed by atoms with Gasteiger partial charge in [-0.05, 0) is 43.7 Å². The number of halogens is 1. The minimum Gasteiger partial charge on any atom is -0.332 e. The zero-order valence-electron chi connectivity index (χ0n) is 15.2. The number of hydrogen-bond donors (Lipinski definition) is 0. The predicted octanol–water partition coefficient (Wildman–Crippen LogP) is 3.47. The van der Waals surface area contributed by atoms with E-state index in [1.54, 1.807) is 24.4 Å². The fourth-order valence-corrected chi connectivity index (χ4v) is 3.29. The monoisotopic (exact) mass is 353 g/mol. The Morgan fingerprint density at radius 2 is 1.92 bits per heavy atom. The third-order valence-electron chi connectivity index (χ3n) is 5.06. The summed E-state index contributed by atoms with van der Waals surface area (Å²) in [6, 6.07) is 12.2. The van der Waals surface area contributed by atoms with Crippen LogP contribution in [0.2, 0.25) is 0 Å². The molecule has 0 spiro atoms. The minimum atomic E-state index is -0.224. The molecule has 0 aliphatic carbocycles. The molecule has 0 unspecified atom stereocenters. The van der Waals surface area contributed by atoms with E-state index in [-0.39, 0.29) is 23.8 Å². The largest absolute Gasteiger partial charge is 0.332 e. The van der Waals surface area contributed by atoms with Gasteiger partial charge in [0, 0.05) is 37.9 Å². The molecule has 1 saturated heterocycles. The Labute approximate surface area is 154 Å². The van der Waals surface area contributed by atoms with Gasteiger partial charge in [0.25, 0.3) is 5.91 Å². The van der Waals surface area contributed by atoms with E-state index in [2.05, 4.69) is 29.8 Å². The van der Waals surface area contributed by atoms with Crippen LogP contribution >= 0.6 is 0 Å². The van der Waals surface area contributed by atoms with Crippen molar-refractivity contribution in [1.29, 1.82) is 0 Å². The van der Waals surface area contributed by atoms with E-state index in [0.717, 1.165) is 18.7 Å². The lowest BCUT2D eigenvalue weighted by molar-refractivity contribution is 0.0314. The summed E-state index contributed by atoms with van der Waals surface area (Å²) >= 11 is 0. The van der Waals surface area contributed by atoms with E-state index in [4.69, 9.17) is 0 Å². The predicted molar refractivity (Wildman–Crippen MR) is 101 cm³/mol. The van der Waals surface area contributed by atoms with Gasteiger partial charge in [-0.1, -0.05) is 30.4 Å². The van der Waals surface area contributed by atoms with Crippen molar-refractivity contribution in [1.82, 2.24) is 14.8 Å². The number of carbonyl (C=O) groups excluding carboxylic acids is 1. The number of piperazine rings is 1. The molecular weight excluding hydrogens is 329 g/mol. The minimum absolute atomic E-state index is 0.00791. The average molecular weight is 353 g/mol. The van der Waals surface area contributed by atoms with Gasteiger partial charge in [0.1, 0.15) is 11.5 Å². The second kappa shape index (κ2) is 8.23. The molecule has 5 heteroatoms. The molecule has 2 aromatic rings. The van der Waals surface area contributed by atoms with Crippen LogP contribution in [0.25, 0.3) is 6.08 Å². The Kier molecular flexibility index (Phi) is 5.78. The van der Waals surface area contributed by atoms with E-state index in [1.807, 2.05) is 23.1 Å². The van der Waals surface area contributed by atoms with Crippen molar-refractivity contribution in [2.45, 2.75) is 25.9 Å². The smallest absolute Gasteiger partial charge is 0.272 e. The highest BCUT2D eigenvalue weighted by Gasteiger charge is 2.33. The van der Waals surface area contributed by atoms with Crippen molar-refractivity contribution in [2.24, 2.45) is 0 Å². The van der Waals surface area contributed by atoms with Crippen molar-refractivity contribution in [3.05, 3.63) is 71.8 Å². The van der Waals surface area contributed by atoms with Gasteiger partial charge in [0.15, 0.2) is 0 Å². The second-order valence-corrected chi connectivity index (χ2v) is 6.64. The van der Waals surface area contributed by atoms with Gasteiger partial charge in [-0.15, -0.1) is 0 Å². The number of rotatable bonds is 4. The number of benzene rings is 1. The van der Waals surface area contributed by atoms with Crippen LogP contribution in [0.1, 0.15) is 29.9 Å². The summed E-state index contributed by atoms with van der Waals surface area (Å²) in [5.41, 5.74) is 1.48. The molecule has 2 atom stereocenters. The van der Waals surface area contributed by atoms with Crippen LogP contribution in [-0.2, 0) is 0 Å². The topological polar surface area (TPSA) is 36.4 Å². The van der Waals surface area contributed by atoms with Gasteiger partial charge in [-0.25, -0.2) is 4.39 Å². The first kappa shape index (κ1) is 18.3. The van der Waals surface area contributed by atoms with E-state index in [9.17, 15) is 9.18 Å². The molecule has 2 heterocycles. The highest BCUT2D eigenvalue weighted by atomic mass is 19.1. The molecule has 1 aromatic carbocycles. The lowest BCUT2D eigenvalue weighted by atomic mass is 10.0. The van der Waals surface area contributed by atoms with Gasteiger partial charge in [0.05, 0.1) is 0 Å². The number of carbonyl (C=O) groups is 1. The molecule has 3 rings (SSSR count). The molecule has 1 aromatic heterocycles. The molecule has 0 bridgehead atoms. The van der Waals surface area contributed by atoms with Crippen molar-refractivity contribution >= 4 is 12.0 Å². The maximum absolute atomic E-state index is 12.9. The molecule has 0 saturated carbocycles. The number of hydrogen-bond acceptors (Lipinski definition) is 3. The van der Waals surface area contributed by atoms with Gasteiger partial charge < -0.3 is 4.90 Å². The molecule has 1 aliphatic rings. The zero-order valence-corrected chi connectivity index (χ0v) is 15.2. The molecule has 0 radical (unpaired) electrons. The second-order valence-electron chi connectivity index (χ2n) is 6.64. The van der Waals surface area contributed by atoms with E-state index in [0.29, 0.717) is 12.2 Å². The van der Waals surface area contributed by atoms with E-state index in [1.165, 1.54) is 12.1 Å². The summed E-state index contributed by atoms with van der Waals surface area (Å²) in [6.45, 7) is 6.53. The maximum atomic E-state index is 12.9. The number of nitrogens with zero attached hydrogens (tertiary/aromatic N) is 3. The van der Waals surface area contributed by atoms with Crippen molar-refractivity contribution in [3.8, 4) is 0 Å². The van der Waals surface area contributed by atoms with E-state index >= 15 is 0 Å². The highest BCUT2D eigenvalue weighted by Crippen LogP contribution is 2.19. The van der Waals surface area contributed by atoms with Crippen LogP contribution in [0, 0.1) is 5.82 Å². The number of amides is 1. The summed E-state index contributed by atoms with van der Waals surface area (Å²) in [5, 5.41) is 0. The van der Waals surface area contributed by atoms with Gasteiger partial charge in [-0.3, -0.25) is 14.7 Å². The van der Waals surface area contributed by atoms with Crippen LogP contribution in [0.5, 0.6) is 0 Å². The van der Waals surface area contributed by atoms with Crippen LogP contribution in [0.15, 0.2) is 54.7 Å². The maximum Gasteiger partial charge on any atom is 0.272 e. The standard InChI is InChI=1S/C21H24FN3O/c1-16-17(2)25(21(26)20-7-3-4-12-23-20)15-14-24(16)13-5-6-18-8-10-19(22)11-9-18/h3-12,16-17H,13-15H2,1-2H3/b6-5+/t16-,17-/m1/s1. The summed E-state index contributed by atoms with van der Waals surface area (Å²) in [7, 11) is 0. The quantitative estimate of drug-likeness (QED) is 0.844. The molecule has 0 N–H and O–H groups in total. The van der Waals surface area contributed by atoms with Crippen molar-refractivity contribution < 1.29 is 9.18 Å². The molecule has 4 nitrogen and oxygen atoms in total. The zero-order chi connectivity index (χ0) is 18.5. The average Bonchev–Trinajstić information content (AvgIpc) is 2.67. The summed E-state index contributed by atoms with van der Waals surface area (Å²) in [6.07, 6.45) is 5.74. The van der Waals surface area contributed by atoms with Gasteiger partial charge in [0.2, 0.25) is 0 Å². The highest BCUT2D eigenvalue weighted by molar-refractivity contribution is 5.92. The first-order chi connectivity index (χ1) is 12.6. The molecule has 1 amide bonds. The lowest BCUT2D eigenvalue weighted by Crippen LogP contribution is -2.58. The van der Waals surface area contributed by atoms with Crippen LogP contribution in [0.3, 0.4) is 0 Å². The third-order valence-corrected chi connectivity index (χ3v) is 5.06. The first-order valence-corrected chi connectivity index (χ1v) is 8.94. The first-order valence-electron chi connectivity index (χ1n) is 8.94. The molecule has 1 aliphatic heterocycles. The summed E-state index contributed by atoms with van der Waals surface area (Å²) in [5.74, 6) is -0.232. The number of aromatic nitrogens is 1. The fourth-order valence-electron chi connectivity index (χ4n) is 3.29. The Morgan fingerprint density at radius 1 is 1.15 bits per heavy atom. The van der Waals surface area contributed by atoms with Crippen molar-refractivity contribution in [2.75, 3.05) is 19.6 Å². The molecule has 1 fully saturated rings. The summed E-state index contributed by atoms with van der Waals surface area (Å²) in [4.78, 5) is 21.1. The van der Waals surface area contributed by atoms with Crippen LogP contribution < -0.4 is 0 Å². The van der Waals surface area contributed by atoms with E-state index < -0.39 is 0 Å². The Hall–Kier alpha value is -2.53. The Balaban J connectivity index is 1.60. The van der Waals surface area contributed by atoms with Crippen LogP contribution in [-0.4, -0.2) is 52.4 Å². The molecular formula is C21H24FN3O.